The predicted molar refractivity (Wildman–Crippen MR) is 81.5 cm³/mol. The molecule has 1 amide bonds. The first-order valence-electron chi connectivity index (χ1n) is 6.37. The number of nitrogens with one attached hydrogen (secondary N) is 2. The topological polar surface area (TPSA) is 74.8 Å². The maximum Gasteiger partial charge on any atom is 0.416 e. The van der Waals surface area contributed by atoms with Gasteiger partial charge in [-0.1, -0.05) is 0 Å². The Morgan fingerprint density at radius 2 is 1.96 bits per heavy atom. The lowest BCUT2D eigenvalue weighted by molar-refractivity contribution is -0.137. The van der Waals surface area contributed by atoms with Crippen LogP contribution in [0.3, 0.4) is 0 Å². The molecule has 1 heterocycles. The number of nitrogens with zero attached hydrogens (tertiary/aromatic N) is 1. The zero-order valence-corrected chi connectivity index (χ0v) is 12.7. The quantitative estimate of drug-likeness (QED) is 0.895. The molecule has 2 rings (SSSR count). The van der Waals surface area contributed by atoms with Gasteiger partial charge in [0.25, 0.3) is 11.5 Å². The number of anilines is 1. The molecule has 0 radical (unpaired) electrons. The lowest BCUT2D eigenvalue weighted by Gasteiger charge is -2.09. The highest BCUT2D eigenvalue weighted by atomic mass is 32.2. The van der Waals surface area contributed by atoms with Crippen molar-refractivity contribution >= 4 is 23.4 Å². The van der Waals surface area contributed by atoms with Crippen LogP contribution < -0.4 is 10.9 Å². The molecule has 0 aliphatic carbocycles. The molecule has 23 heavy (non-hydrogen) atoms. The largest absolute Gasteiger partial charge is 0.416 e. The van der Waals surface area contributed by atoms with Gasteiger partial charge in [-0.15, -0.1) is 0 Å². The monoisotopic (exact) mass is 343 g/mol. The number of alkyl halides is 3. The molecule has 0 aliphatic rings. The smallest absolute Gasteiger partial charge is 0.321 e. The van der Waals surface area contributed by atoms with Crippen molar-refractivity contribution in [2.75, 3.05) is 11.6 Å². The summed E-state index contributed by atoms with van der Waals surface area (Å²) in [5.74, 6) is 0.109. The molecule has 0 saturated heterocycles. The number of amides is 1. The Kier molecular flexibility index (Phi) is 5.09. The number of H-pyrrole nitrogens is 1. The van der Waals surface area contributed by atoms with Crippen LogP contribution in [-0.2, 0) is 11.9 Å². The number of carbonyl (C=O) groups excluding carboxylic acids is 1. The minimum atomic E-state index is -4.44. The van der Waals surface area contributed by atoms with Gasteiger partial charge in [0.15, 0.2) is 0 Å². The highest BCUT2D eigenvalue weighted by Gasteiger charge is 2.30. The van der Waals surface area contributed by atoms with Crippen LogP contribution in [0.2, 0.25) is 0 Å². The van der Waals surface area contributed by atoms with Crippen LogP contribution in [0.5, 0.6) is 0 Å². The van der Waals surface area contributed by atoms with Gasteiger partial charge in [-0.3, -0.25) is 9.59 Å². The minimum Gasteiger partial charge on any atom is -0.321 e. The summed E-state index contributed by atoms with van der Waals surface area (Å²) in [6.45, 7) is 0. The van der Waals surface area contributed by atoms with Crippen LogP contribution in [0.1, 0.15) is 21.9 Å². The SMILES string of the molecule is CSCc1nc(C(=O)Nc2ccc(C(F)(F)F)cc2)cc(=O)[nH]1. The number of benzene rings is 1. The van der Waals surface area contributed by atoms with Gasteiger partial charge in [0.2, 0.25) is 0 Å². The van der Waals surface area contributed by atoms with Crippen molar-refractivity contribution < 1.29 is 18.0 Å². The van der Waals surface area contributed by atoms with Gasteiger partial charge in [0.1, 0.15) is 11.5 Å². The molecular formula is C14H12F3N3O2S. The molecule has 0 unspecified atom stereocenters. The third kappa shape index (κ3) is 4.59. The van der Waals surface area contributed by atoms with Crippen LogP contribution in [0.15, 0.2) is 35.1 Å². The summed E-state index contributed by atoms with van der Waals surface area (Å²) in [5, 5.41) is 2.41. The molecule has 2 aromatic rings. The predicted octanol–water partition coefficient (Wildman–Crippen LogP) is 2.90. The lowest BCUT2D eigenvalue weighted by Crippen LogP contribution is -2.20. The van der Waals surface area contributed by atoms with Gasteiger partial charge in [-0.2, -0.15) is 24.9 Å². The fourth-order valence-corrected chi connectivity index (χ4v) is 2.18. The number of aromatic amines is 1. The van der Waals surface area contributed by atoms with E-state index in [2.05, 4.69) is 15.3 Å². The van der Waals surface area contributed by atoms with Gasteiger partial charge < -0.3 is 10.3 Å². The number of thioether (sulfide) groups is 1. The Morgan fingerprint density at radius 1 is 1.30 bits per heavy atom. The Morgan fingerprint density at radius 3 is 2.52 bits per heavy atom. The number of carbonyl (C=O) groups is 1. The summed E-state index contributed by atoms with van der Waals surface area (Å²) in [6, 6.07) is 5.02. The van der Waals surface area contributed by atoms with E-state index >= 15 is 0 Å². The van der Waals surface area contributed by atoms with E-state index in [4.69, 9.17) is 0 Å². The van der Waals surface area contributed by atoms with E-state index in [9.17, 15) is 22.8 Å². The van der Waals surface area contributed by atoms with E-state index < -0.39 is 23.2 Å². The standard InChI is InChI=1S/C14H12F3N3O2S/c1-23-7-11-19-10(6-12(21)20-11)13(22)18-9-4-2-8(3-5-9)14(15,16)17/h2-6H,7H2,1H3,(H,18,22)(H,19,20,21). The van der Waals surface area contributed by atoms with Crippen LogP contribution in [-0.4, -0.2) is 22.1 Å². The van der Waals surface area contributed by atoms with E-state index in [1.54, 1.807) is 0 Å². The first-order valence-corrected chi connectivity index (χ1v) is 7.77. The molecule has 0 bridgehead atoms. The normalized spacial score (nSPS) is 11.3. The van der Waals surface area contributed by atoms with Gasteiger partial charge in [-0.05, 0) is 30.5 Å². The number of aromatic nitrogens is 2. The fourth-order valence-electron chi connectivity index (χ4n) is 1.77. The average Bonchev–Trinajstić information content (AvgIpc) is 2.46. The minimum absolute atomic E-state index is 0.0994. The van der Waals surface area contributed by atoms with Gasteiger partial charge >= 0.3 is 6.18 Å². The number of halogens is 3. The molecule has 0 aliphatic heterocycles. The van der Waals surface area contributed by atoms with E-state index in [-0.39, 0.29) is 11.4 Å². The zero-order valence-electron chi connectivity index (χ0n) is 11.9. The molecule has 5 nitrogen and oxygen atoms in total. The van der Waals surface area contributed by atoms with Crippen LogP contribution >= 0.6 is 11.8 Å². The number of rotatable bonds is 4. The van der Waals surface area contributed by atoms with Gasteiger partial charge in [-0.25, -0.2) is 4.98 Å². The third-order valence-corrected chi connectivity index (χ3v) is 3.34. The van der Waals surface area contributed by atoms with Crippen molar-refractivity contribution in [2.45, 2.75) is 11.9 Å². The molecule has 0 atom stereocenters. The molecule has 1 aromatic carbocycles. The van der Waals surface area contributed by atoms with Gasteiger partial charge in [0.05, 0.1) is 11.3 Å². The van der Waals surface area contributed by atoms with Gasteiger partial charge in [0, 0.05) is 11.8 Å². The zero-order chi connectivity index (χ0) is 17.0. The lowest BCUT2D eigenvalue weighted by atomic mass is 10.2. The summed E-state index contributed by atoms with van der Waals surface area (Å²) < 4.78 is 37.4. The maximum atomic E-state index is 12.5. The molecule has 9 heteroatoms. The summed E-state index contributed by atoms with van der Waals surface area (Å²) in [6.07, 6.45) is -2.63. The van der Waals surface area contributed by atoms with Crippen molar-refractivity contribution in [3.63, 3.8) is 0 Å². The first kappa shape index (κ1) is 17.1. The Balaban J connectivity index is 2.17. The molecule has 1 aromatic heterocycles. The summed E-state index contributed by atoms with van der Waals surface area (Å²) >= 11 is 1.42. The van der Waals surface area contributed by atoms with Crippen LogP contribution in [0.4, 0.5) is 18.9 Å². The number of hydrogen-bond donors (Lipinski definition) is 2. The van der Waals surface area contributed by atoms with Crippen molar-refractivity contribution in [2.24, 2.45) is 0 Å². The fraction of sp³-hybridized carbons (Fsp3) is 0.214. The second-order valence-electron chi connectivity index (χ2n) is 4.54. The van der Waals surface area contributed by atoms with Crippen molar-refractivity contribution in [3.8, 4) is 0 Å². The Labute approximate surface area is 133 Å². The van der Waals surface area contributed by atoms with E-state index in [0.29, 0.717) is 11.6 Å². The summed E-state index contributed by atoms with van der Waals surface area (Å²) in [4.78, 5) is 30.0. The highest BCUT2D eigenvalue weighted by molar-refractivity contribution is 7.97. The summed E-state index contributed by atoms with van der Waals surface area (Å²) in [7, 11) is 0. The molecular weight excluding hydrogens is 331 g/mol. The van der Waals surface area contributed by atoms with Crippen molar-refractivity contribution in [3.05, 3.63) is 57.8 Å². The van der Waals surface area contributed by atoms with Crippen LogP contribution in [0.25, 0.3) is 0 Å². The second-order valence-corrected chi connectivity index (χ2v) is 5.41. The third-order valence-electron chi connectivity index (χ3n) is 2.77. The molecule has 0 fully saturated rings. The highest BCUT2D eigenvalue weighted by Crippen LogP contribution is 2.29. The molecule has 0 saturated carbocycles. The van der Waals surface area contributed by atoms with E-state index in [1.165, 1.54) is 11.8 Å². The Bertz CT molecular complexity index is 757. The van der Waals surface area contributed by atoms with E-state index in [1.807, 2.05) is 6.26 Å². The molecule has 122 valence electrons. The number of hydrogen-bond acceptors (Lipinski definition) is 4. The van der Waals surface area contributed by atoms with Crippen LogP contribution in [0, 0.1) is 0 Å². The maximum absolute atomic E-state index is 12.5. The van der Waals surface area contributed by atoms with Crippen molar-refractivity contribution in [1.29, 1.82) is 0 Å². The molecule has 2 N–H and O–H groups in total. The average molecular weight is 343 g/mol. The van der Waals surface area contributed by atoms with Crippen molar-refractivity contribution in [1.82, 2.24) is 9.97 Å². The second kappa shape index (κ2) is 6.86. The Hall–Kier alpha value is -2.29. The summed E-state index contributed by atoms with van der Waals surface area (Å²) in [5.41, 5.74) is -1.21. The van der Waals surface area contributed by atoms with E-state index in [0.717, 1.165) is 30.3 Å². The first-order chi connectivity index (χ1) is 10.8. The molecule has 0 spiro atoms.